The number of rotatable bonds is 5. The zero-order valence-electron chi connectivity index (χ0n) is 13.2. The van der Waals surface area contributed by atoms with E-state index >= 15 is 0 Å². The van der Waals surface area contributed by atoms with E-state index in [4.69, 9.17) is 10.5 Å². The molecule has 118 valence electrons. The number of hydrogen-bond donors (Lipinski definition) is 1. The van der Waals surface area contributed by atoms with Gasteiger partial charge in [-0.25, -0.2) is 0 Å². The van der Waals surface area contributed by atoms with Crippen LogP contribution in [0, 0.1) is 0 Å². The minimum absolute atomic E-state index is 0.232. The molecule has 0 aromatic heterocycles. The minimum atomic E-state index is 0.232. The molecular weight excluding hydrogens is 330 g/mol. The third-order valence-corrected chi connectivity index (χ3v) is 5.15. The van der Waals surface area contributed by atoms with Gasteiger partial charge < -0.3 is 10.5 Å². The Morgan fingerprint density at radius 1 is 1.43 bits per heavy atom. The van der Waals surface area contributed by atoms with Crippen molar-refractivity contribution < 1.29 is 4.74 Å². The zero-order valence-corrected chi connectivity index (χ0v) is 14.8. The maximum Gasteiger partial charge on any atom is 0.119 e. The topological polar surface area (TPSA) is 41.7 Å². The average Bonchev–Trinajstić information content (AvgIpc) is 2.50. The standard InChI is InChI=1S/C16H26BrN3O/c1-4-19-7-8-20(11-12(19)2)16(10-18)14-9-13(21-3)5-6-15(14)17/h5-6,9,12,16H,4,7-8,10-11,18H2,1-3H3. The number of piperazine rings is 1. The summed E-state index contributed by atoms with van der Waals surface area (Å²) in [5.41, 5.74) is 7.31. The Labute approximate surface area is 136 Å². The Morgan fingerprint density at radius 3 is 2.76 bits per heavy atom. The van der Waals surface area contributed by atoms with Gasteiger partial charge in [0, 0.05) is 42.7 Å². The first-order valence-corrected chi connectivity index (χ1v) is 8.41. The smallest absolute Gasteiger partial charge is 0.119 e. The van der Waals surface area contributed by atoms with Crippen molar-refractivity contribution in [3.8, 4) is 5.75 Å². The Balaban J connectivity index is 2.20. The summed E-state index contributed by atoms with van der Waals surface area (Å²) in [6, 6.07) is 6.91. The highest BCUT2D eigenvalue weighted by Crippen LogP contribution is 2.31. The lowest BCUT2D eigenvalue weighted by molar-refractivity contribution is 0.0604. The molecule has 2 N–H and O–H groups in total. The van der Waals surface area contributed by atoms with Gasteiger partial charge in [-0.2, -0.15) is 0 Å². The molecule has 0 spiro atoms. The van der Waals surface area contributed by atoms with Crippen molar-refractivity contribution in [3.05, 3.63) is 28.2 Å². The molecule has 1 fully saturated rings. The van der Waals surface area contributed by atoms with Crippen molar-refractivity contribution in [2.75, 3.05) is 39.8 Å². The summed E-state index contributed by atoms with van der Waals surface area (Å²) in [6.45, 7) is 9.48. The molecule has 0 aliphatic carbocycles. The number of methoxy groups -OCH3 is 1. The number of nitrogens with zero attached hydrogens (tertiary/aromatic N) is 2. The van der Waals surface area contributed by atoms with E-state index in [1.165, 1.54) is 5.56 Å². The van der Waals surface area contributed by atoms with Crippen molar-refractivity contribution in [2.45, 2.75) is 25.9 Å². The van der Waals surface area contributed by atoms with Crippen LogP contribution in [0.1, 0.15) is 25.5 Å². The van der Waals surface area contributed by atoms with Crippen molar-refractivity contribution in [2.24, 2.45) is 5.73 Å². The van der Waals surface area contributed by atoms with E-state index < -0.39 is 0 Å². The van der Waals surface area contributed by atoms with E-state index in [-0.39, 0.29) is 6.04 Å². The number of hydrogen-bond acceptors (Lipinski definition) is 4. The molecule has 1 aliphatic rings. The van der Waals surface area contributed by atoms with Gasteiger partial charge in [0.1, 0.15) is 5.75 Å². The summed E-state index contributed by atoms with van der Waals surface area (Å²) in [4.78, 5) is 5.01. The summed E-state index contributed by atoms with van der Waals surface area (Å²) in [6.07, 6.45) is 0. The molecule has 1 aliphatic heterocycles. The average molecular weight is 356 g/mol. The molecule has 5 heteroatoms. The third kappa shape index (κ3) is 3.77. The summed E-state index contributed by atoms with van der Waals surface area (Å²) in [5, 5.41) is 0. The van der Waals surface area contributed by atoms with Gasteiger partial charge in [0.25, 0.3) is 0 Å². The lowest BCUT2D eigenvalue weighted by Crippen LogP contribution is -2.53. The molecule has 2 rings (SSSR count). The SMILES string of the molecule is CCN1CCN(C(CN)c2cc(OC)ccc2Br)CC1C. The Hall–Kier alpha value is -0.620. The normalized spacial score (nSPS) is 22.2. The second-order valence-corrected chi connectivity index (χ2v) is 6.47. The molecule has 4 nitrogen and oxygen atoms in total. The number of halogens is 1. The zero-order chi connectivity index (χ0) is 15.4. The van der Waals surface area contributed by atoms with Crippen molar-refractivity contribution in [1.29, 1.82) is 0 Å². The minimum Gasteiger partial charge on any atom is -0.497 e. The monoisotopic (exact) mass is 355 g/mol. The maximum absolute atomic E-state index is 6.09. The highest BCUT2D eigenvalue weighted by molar-refractivity contribution is 9.10. The fraction of sp³-hybridized carbons (Fsp3) is 0.625. The second kappa shape index (κ2) is 7.58. The van der Waals surface area contributed by atoms with Crippen LogP contribution in [0.3, 0.4) is 0 Å². The highest BCUT2D eigenvalue weighted by Gasteiger charge is 2.28. The van der Waals surface area contributed by atoms with Crippen molar-refractivity contribution in [1.82, 2.24) is 9.80 Å². The molecule has 1 saturated heterocycles. The summed E-state index contributed by atoms with van der Waals surface area (Å²) in [7, 11) is 1.70. The number of nitrogens with two attached hydrogens (primary N) is 1. The second-order valence-electron chi connectivity index (χ2n) is 5.61. The van der Waals surface area contributed by atoms with Gasteiger partial charge in [-0.15, -0.1) is 0 Å². The predicted octanol–water partition coefficient (Wildman–Crippen LogP) is 2.48. The van der Waals surface area contributed by atoms with E-state index in [0.717, 1.165) is 36.4 Å². The van der Waals surface area contributed by atoms with E-state index in [0.29, 0.717) is 12.6 Å². The lowest BCUT2D eigenvalue weighted by atomic mass is 10.0. The van der Waals surface area contributed by atoms with Gasteiger partial charge in [-0.05, 0) is 37.2 Å². The Bertz CT molecular complexity index is 469. The molecule has 0 saturated carbocycles. The van der Waals surface area contributed by atoms with Crippen LogP contribution in [0.25, 0.3) is 0 Å². The van der Waals surface area contributed by atoms with Crippen molar-refractivity contribution in [3.63, 3.8) is 0 Å². The molecule has 2 atom stereocenters. The lowest BCUT2D eigenvalue weighted by Gasteiger charge is -2.43. The van der Waals surface area contributed by atoms with Crippen LogP contribution in [-0.4, -0.2) is 55.7 Å². The molecule has 0 amide bonds. The molecular formula is C16H26BrN3O. The van der Waals surface area contributed by atoms with Gasteiger partial charge in [0.15, 0.2) is 0 Å². The van der Waals surface area contributed by atoms with Crippen LogP contribution in [0.5, 0.6) is 5.75 Å². The van der Waals surface area contributed by atoms with Crippen LogP contribution in [0.15, 0.2) is 22.7 Å². The van der Waals surface area contributed by atoms with Crippen LogP contribution in [0.2, 0.25) is 0 Å². The molecule has 2 unspecified atom stereocenters. The highest BCUT2D eigenvalue weighted by atomic mass is 79.9. The van der Waals surface area contributed by atoms with Crippen molar-refractivity contribution >= 4 is 15.9 Å². The number of likely N-dealkylation sites (N-methyl/N-ethyl adjacent to an activating group) is 1. The van der Waals surface area contributed by atoms with Crippen LogP contribution >= 0.6 is 15.9 Å². The number of ether oxygens (including phenoxy) is 1. The van der Waals surface area contributed by atoms with Gasteiger partial charge in [0.2, 0.25) is 0 Å². The van der Waals surface area contributed by atoms with E-state index in [1.807, 2.05) is 12.1 Å². The summed E-state index contributed by atoms with van der Waals surface area (Å²) < 4.78 is 6.46. The third-order valence-electron chi connectivity index (χ3n) is 4.43. The predicted molar refractivity (Wildman–Crippen MR) is 90.8 cm³/mol. The summed E-state index contributed by atoms with van der Waals surface area (Å²) >= 11 is 3.66. The summed E-state index contributed by atoms with van der Waals surface area (Å²) in [5.74, 6) is 0.881. The van der Waals surface area contributed by atoms with E-state index in [1.54, 1.807) is 7.11 Å². The number of benzene rings is 1. The Kier molecular flexibility index (Phi) is 6.05. The van der Waals surface area contributed by atoms with Gasteiger partial charge in [-0.1, -0.05) is 22.9 Å². The van der Waals surface area contributed by atoms with E-state index in [2.05, 4.69) is 45.6 Å². The van der Waals surface area contributed by atoms with Crippen LogP contribution in [-0.2, 0) is 0 Å². The fourth-order valence-corrected chi connectivity index (χ4v) is 3.66. The molecule has 1 heterocycles. The van der Waals surface area contributed by atoms with Gasteiger partial charge >= 0.3 is 0 Å². The van der Waals surface area contributed by atoms with Crippen LogP contribution < -0.4 is 10.5 Å². The molecule has 21 heavy (non-hydrogen) atoms. The fourth-order valence-electron chi connectivity index (χ4n) is 3.15. The van der Waals surface area contributed by atoms with E-state index in [9.17, 15) is 0 Å². The first kappa shape index (κ1) is 16.7. The first-order chi connectivity index (χ1) is 10.1. The first-order valence-electron chi connectivity index (χ1n) is 7.62. The largest absolute Gasteiger partial charge is 0.497 e. The van der Waals surface area contributed by atoms with Crippen LogP contribution in [0.4, 0.5) is 0 Å². The molecule has 1 aromatic rings. The quantitative estimate of drug-likeness (QED) is 0.880. The molecule has 0 radical (unpaired) electrons. The maximum atomic E-state index is 6.09. The van der Waals surface area contributed by atoms with Gasteiger partial charge in [0.05, 0.1) is 7.11 Å². The molecule has 0 bridgehead atoms. The molecule has 1 aromatic carbocycles. The Morgan fingerprint density at radius 2 is 2.19 bits per heavy atom. The van der Waals surface area contributed by atoms with Gasteiger partial charge in [-0.3, -0.25) is 9.80 Å².